The Labute approximate surface area is 133 Å². The zero-order valence-corrected chi connectivity index (χ0v) is 13.5. The predicted molar refractivity (Wildman–Crippen MR) is 86.3 cm³/mol. The van der Waals surface area contributed by atoms with Crippen LogP contribution in [0, 0.1) is 34.5 Å². The van der Waals surface area contributed by atoms with Crippen LogP contribution in [0.2, 0.25) is 0 Å². The summed E-state index contributed by atoms with van der Waals surface area (Å²) in [6.45, 7) is 4.70. The molecule has 116 valence electrons. The van der Waals surface area contributed by atoms with Crippen LogP contribution in [0.5, 0.6) is 0 Å². The number of aliphatic hydroxyl groups excluding tert-OH is 1. The average molecular weight is 295 g/mol. The van der Waals surface area contributed by atoms with Crippen molar-refractivity contribution in [3.8, 4) is 6.07 Å². The molecule has 0 amide bonds. The smallest absolute Gasteiger partial charge is 0.0991 e. The molecule has 1 aromatic carbocycles. The second kappa shape index (κ2) is 4.83. The van der Waals surface area contributed by atoms with E-state index in [4.69, 9.17) is 5.26 Å². The summed E-state index contributed by atoms with van der Waals surface area (Å²) in [5.41, 5.74) is 3.81. The lowest BCUT2D eigenvalue weighted by atomic mass is 9.52. The molecular formula is C20H25NO. The first-order valence-electron chi connectivity index (χ1n) is 8.75. The van der Waals surface area contributed by atoms with E-state index >= 15 is 0 Å². The first-order valence-corrected chi connectivity index (χ1v) is 8.75. The lowest BCUT2D eigenvalue weighted by molar-refractivity contribution is -0.0441. The summed E-state index contributed by atoms with van der Waals surface area (Å²) in [4.78, 5) is 0. The summed E-state index contributed by atoms with van der Waals surface area (Å²) in [6.07, 6.45) is 5.53. The third-order valence-corrected chi connectivity index (χ3v) is 7.09. The second-order valence-electron chi connectivity index (χ2n) is 8.14. The number of rotatable bonds is 0. The van der Waals surface area contributed by atoms with Gasteiger partial charge in [-0.05, 0) is 84.5 Å². The van der Waals surface area contributed by atoms with Gasteiger partial charge in [0.25, 0.3) is 0 Å². The molecule has 1 aromatic rings. The van der Waals surface area contributed by atoms with Crippen LogP contribution in [-0.2, 0) is 6.42 Å². The molecule has 0 heterocycles. The molecule has 3 unspecified atom stereocenters. The SMILES string of the molecule is C[C@H]1C[C@@]2(C)C(CC[C@@H]2O)C2CCc3cc(C#N)ccc3C21. The first-order chi connectivity index (χ1) is 10.5. The van der Waals surface area contributed by atoms with E-state index < -0.39 is 0 Å². The molecule has 6 atom stereocenters. The Bertz CT molecular complexity index is 646. The molecule has 2 saturated carbocycles. The van der Waals surface area contributed by atoms with Crippen molar-refractivity contribution in [2.45, 2.75) is 58.0 Å². The quantitative estimate of drug-likeness (QED) is 0.785. The maximum Gasteiger partial charge on any atom is 0.0991 e. The van der Waals surface area contributed by atoms with Gasteiger partial charge in [0.05, 0.1) is 17.7 Å². The zero-order valence-electron chi connectivity index (χ0n) is 13.5. The highest BCUT2D eigenvalue weighted by Crippen LogP contribution is 2.62. The highest BCUT2D eigenvalue weighted by Gasteiger charge is 2.56. The van der Waals surface area contributed by atoms with Gasteiger partial charge < -0.3 is 5.11 Å². The van der Waals surface area contributed by atoms with Crippen molar-refractivity contribution in [2.75, 3.05) is 0 Å². The van der Waals surface area contributed by atoms with E-state index in [0.29, 0.717) is 23.7 Å². The summed E-state index contributed by atoms with van der Waals surface area (Å²) < 4.78 is 0. The molecule has 3 aliphatic rings. The molecule has 4 rings (SSSR count). The van der Waals surface area contributed by atoms with Crippen molar-refractivity contribution < 1.29 is 5.11 Å². The molecule has 2 fully saturated rings. The highest BCUT2D eigenvalue weighted by molar-refractivity contribution is 5.42. The first kappa shape index (κ1) is 14.3. The largest absolute Gasteiger partial charge is 0.393 e. The summed E-state index contributed by atoms with van der Waals surface area (Å²) >= 11 is 0. The fourth-order valence-corrected chi connectivity index (χ4v) is 6.18. The Morgan fingerprint density at radius 1 is 1.27 bits per heavy atom. The molecule has 0 aromatic heterocycles. The molecule has 0 aliphatic heterocycles. The van der Waals surface area contributed by atoms with Crippen LogP contribution in [0.15, 0.2) is 18.2 Å². The van der Waals surface area contributed by atoms with E-state index in [1.165, 1.54) is 24.0 Å². The Morgan fingerprint density at radius 3 is 2.86 bits per heavy atom. The van der Waals surface area contributed by atoms with Crippen LogP contribution in [-0.4, -0.2) is 11.2 Å². The molecule has 1 N–H and O–H groups in total. The fraction of sp³-hybridized carbons (Fsp3) is 0.650. The van der Waals surface area contributed by atoms with Crippen LogP contribution in [0.3, 0.4) is 0 Å². The van der Waals surface area contributed by atoms with Gasteiger partial charge >= 0.3 is 0 Å². The lowest BCUT2D eigenvalue weighted by Crippen LogP contribution is -2.47. The van der Waals surface area contributed by atoms with Gasteiger partial charge in [0.15, 0.2) is 0 Å². The van der Waals surface area contributed by atoms with Gasteiger partial charge in [-0.3, -0.25) is 0 Å². The zero-order chi connectivity index (χ0) is 15.5. The van der Waals surface area contributed by atoms with Gasteiger partial charge in [-0.25, -0.2) is 0 Å². The van der Waals surface area contributed by atoms with Crippen molar-refractivity contribution >= 4 is 0 Å². The minimum Gasteiger partial charge on any atom is -0.393 e. The summed E-state index contributed by atoms with van der Waals surface area (Å²) in [6, 6.07) is 8.59. The standard InChI is InChI=1S/C20H25NO/c1-12-10-20(2)17(7-8-18(20)22)16-6-4-14-9-13(11-21)3-5-15(14)19(12)16/h3,5,9,12,16-19,22H,4,6-8,10H2,1-2H3/t12-,16?,17?,18-,19?,20-/m0/s1. The van der Waals surface area contributed by atoms with Crippen LogP contribution in [0.4, 0.5) is 0 Å². The van der Waals surface area contributed by atoms with Gasteiger partial charge in [0, 0.05) is 0 Å². The second-order valence-corrected chi connectivity index (χ2v) is 8.14. The van der Waals surface area contributed by atoms with E-state index in [-0.39, 0.29) is 11.5 Å². The molecule has 3 aliphatic carbocycles. The number of fused-ring (bicyclic) bond motifs is 5. The fourth-order valence-electron chi connectivity index (χ4n) is 6.18. The molecule has 0 bridgehead atoms. The molecule has 2 heteroatoms. The predicted octanol–water partition coefficient (Wildman–Crippen LogP) is 4.02. The molecule has 22 heavy (non-hydrogen) atoms. The van der Waals surface area contributed by atoms with Gasteiger partial charge in [-0.15, -0.1) is 0 Å². The van der Waals surface area contributed by atoms with E-state index in [2.05, 4.69) is 32.0 Å². The Hall–Kier alpha value is -1.33. The third kappa shape index (κ3) is 1.82. The monoisotopic (exact) mass is 295 g/mol. The van der Waals surface area contributed by atoms with Crippen LogP contribution in [0.25, 0.3) is 0 Å². The number of nitrogens with zero attached hydrogens (tertiary/aromatic N) is 1. The van der Waals surface area contributed by atoms with E-state index in [0.717, 1.165) is 24.8 Å². The number of hydrogen-bond acceptors (Lipinski definition) is 2. The molecular weight excluding hydrogens is 270 g/mol. The third-order valence-electron chi connectivity index (χ3n) is 7.09. The Morgan fingerprint density at radius 2 is 2.09 bits per heavy atom. The number of benzene rings is 1. The normalized spacial score (nSPS) is 42.9. The number of nitriles is 1. The maximum atomic E-state index is 10.5. The van der Waals surface area contributed by atoms with E-state index in [1.54, 1.807) is 0 Å². The molecule has 2 nitrogen and oxygen atoms in total. The number of hydrogen-bond donors (Lipinski definition) is 1. The summed E-state index contributed by atoms with van der Waals surface area (Å²) in [5.74, 6) is 2.63. The Balaban J connectivity index is 1.75. The average Bonchev–Trinajstić information content (AvgIpc) is 2.81. The minimum atomic E-state index is -0.108. The van der Waals surface area contributed by atoms with Crippen LogP contribution >= 0.6 is 0 Å². The van der Waals surface area contributed by atoms with Crippen molar-refractivity contribution in [3.05, 3.63) is 34.9 Å². The van der Waals surface area contributed by atoms with Crippen molar-refractivity contribution in [1.29, 1.82) is 5.26 Å². The molecule has 0 saturated heterocycles. The van der Waals surface area contributed by atoms with Crippen LogP contribution in [0.1, 0.15) is 62.1 Å². The van der Waals surface area contributed by atoms with Crippen molar-refractivity contribution in [1.82, 2.24) is 0 Å². The molecule has 0 radical (unpaired) electrons. The van der Waals surface area contributed by atoms with Gasteiger partial charge in [0.1, 0.15) is 0 Å². The van der Waals surface area contributed by atoms with Gasteiger partial charge in [0.2, 0.25) is 0 Å². The van der Waals surface area contributed by atoms with Crippen LogP contribution < -0.4 is 0 Å². The minimum absolute atomic E-state index is 0.108. The number of aliphatic hydroxyl groups is 1. The van der Waals surface area contributed by atoms with E-state index in [9.17, 15) is 5.11 Å². The topological polar surface area (TPSA) is 44.0 Å². The van der Waals surface area contributed by atoms with Gasteiger partial charge in [-0.1, -0.05) is 19.9 Å². The lowest BCUT2D eigenvalue weighted by Gasteiger charge is -2.53. The summed E-state index contributed by atoms with van der Waals surface area (Å²) in [5, 5.41) is 19.7. The maximum absolute atomic E-state index is 10.5. The van der Waals surface area contributed by atoms with Crippen molar-refractivity contribution in [3.63, 3.8) is 0 Å². The van der Waals surface area contributed by atoms with Crippen molar-refractivity contribution in [2.24, 2.45) is 23.2 Å². The van der Waals surface area contributed by atoms with Gasteiger partial charge in [-0.2, -0.15) is 5.26 Å². The summed E-state index contributed by atoms with van der Waals surface area (Å²) in [7, 11) is 0. The van der Waals surface area contributed by atoms with E-state index in [1.807, 2.05) is 6.07 Å². The molecule has 0 spiro atoms. The number of aryl methyl sites for hydroxylation is 1. The Kier molecular flexibility index (Phi) is 3.13. The highest BCUT2D eigenvalue weighted by atomic mass is 16.3.